The predicted molar refractivity (Wildman–Crippen MR) is 51.1 cm³/mol. The lowest BCUT2D eigenvalue weighted by Gasteiger charge is -2.04. The van der Waals surface area contributed by atoms with Gasteiger partial charge in [-0.3, -0.25) is 0 Å². The number of rotatable bonds is 4. The molecule has 0 aromatic rings. The summed E-state index contributed by atoms with van der Waals surface area (Å²) in [5, 5.41) is 7.55. The Morgan fingerprint density at radius 2 is 2.09 bits per heavy atom. The summed E-state index contributed by atoms with van der Waals surface area (Å²) in [6, 6.07) is 0. The van der Waals surface area contributed by atoms with Gasteiger partial charge in [-0.15, -0.1) is 0 Å². The molecule has 0 bridgehead atoms. The maximum absolute atomic E-state index is 7.55. The van der Waals surface area contributed by atoms with Gasteiger partial charge in [-0.1, -0.05) is 32.2 Å². The number of hydrogen-bond acceptors (Lipinski definition) is 1. The van der Waals surface area contributed by atoms with Gasteiger partial charge in [0.05, 0.1) is 0 Å². The second kappa shape index (κ2) is 4.67. The highest BCUT2D eigenvalue weighted by Crippen LogP contribution is 2.10. The third-order valence-corrected chi connectivity index (χ3v) is 1.42. The van der Waals surface area contributed by atoms with Crippen LogP contribution in [0.5, 0.6) is 0 Å². The first-order valence-electron chi connectivity index (χ1n) is 3.69. The van der Waals surface area contributed by atoms with Crippen LogP contribution in [0, 0.1) is 5.41 Å². The van der Waals surface area contributed by atoms with Gasteiger partial charge in [0.25, 0.3) is 0 Å². The number of nitrogens with one attached hydrogen (secondary N) is 1. The Balaban J connectivity index is 4.61. The quantitative estimate of drug-likeness (QED) is 0.469. The molecule has 0 aromatic carbocycles. The lowest BCUT2D eigenvalue weighted by molar-refractivity contribution is 1.23. The van der Waals surface area contributed by atoms with Crippen molar-refractivity contribution in [1.29, 1.82) is 5.41 Å². The molecule has 0 aliphatic rings. The highest BCUT2D eigenvalue weighted by atomic mass is 14.4. The van der Waals surface area contributed by atoms with Gasteiger partial charge in [0.15, 0.2) is 0 Å². The monoisotopic (exact) mass is 149 g/mol. The van der Waals surface area contributed by atoms with Gasteiger partial charge in [0.2, 0.25) is 0 Å². The zero-order valence-corrected chi connectivity index (χ0v) is 7.28. The van der Waals surface area contributed by atoms with Crippen molar-refractivity contribution in [1.82, 2.24) is 0 Å². The van der Waals surface area contributed by atoms with E-state index in [-0.39, 0.29) is 0 Å². The first kappa shape index (κ1) is 9.89. The maximum Gasteiger partial charge on any atom is 0.0385 e. The van der Waals surface area contributed by atoms with Crippen molar-refractivity contribution in [2.45, 2.75) is 20.3 Å². The van der Waals surface area contributed by atoms with Gasteiger partial charge in [0.1, 0.15) is 0 Å². The van der Waals surface area contributed by atoms with Crippen LogP contribution >= 0.6 is 0 Å². The summed E-state index contributed by atoms with van der Waals surface area (Å²) in [6.07, 6.45) is 4.26. The van der Waals surface area contributed by atoms with Crippen molar-refractivity contribution in [3.63, 3.8) is 0 Å². The smallest absolute Gasteiger partial charge is 0.0385 e. The van der Waals surface area contributed by atoms with Gasteiger partial charge in [0, 0.05) is 5.71 Å². The summed E-state index contributed by atoms with van der Waals surface area (Å²) >= 11 is 0. The molecule has 60 valence electrons. The van der Waals surface area contributed by atoms with Crippen molar-refractivity contribution < 1.29 is 0 Å². The molecule has 0 radical (unpaired) electrons. The Hall–Kier alpha value is -1.11. The van der Waals surface area contributed by atoms with Crippen LogP contribution in [0.25, 0.3) is 0 Å². The molecular weight excluding hydrogens is 134 g/mol. The van der Waals surface area contributed by atoms with Crippen LogP contribution in [0.15, 0.2) is 36.5 Å². The molecule has 11 heavy (non-hydrogen) atoms. The Bertz CT molecular complexity index is 209. The van der Waals surface area contributed by atoms with E-state index in [9.17, 15) is 0 Å². The molecule has 1 N–H and O–H groups in total. The minimum absolute atomic E-state index is 0.623. The molecular formula is C10H15N. The summed E-state index contributed by atoms with van der Waals surface area (Å²) < 4.78 is 0. The van der Waals surface area contributed by atoms with Crippen LogP contribution in [0.1, 0.15) is 20.3 Å². The highest BCUT2D eigenvalue weighted by molar-refractivity contribution is 6.01. The summed E-state index contributed by atoms with van der Waals surface area (Å²) in [4.78, 5) is 0. The van der Waals surface area contributed by atoms with Crippen LogP contribution in [-0.4, -0.2) is 5.71 Å². The van der Waals surface area contributed by atoms with Crippen LogP contribution in [0.2, 0.25) is 0 Å². The molecule has 1 heteroatoms. The van der Waals surface area contributed by atoms with E-state index in [0.29, 0.717) is 5.71 Å². The van der Waals surface area contributed by atoms with E-state index in [0.717, 1.165) is 17.6 Å². The molecule has 0 spiro atoms. The average Bonchev–Trinajstić information content (AvgIpc) is 1.98. The first-order valence-corrected chi connectivity index (χ1v) is 3.69. The SMILES string of the molecule is C=C/C=C(\C(=C)C)C(=N)CC. The maximum atomic E-state index is 7.55. The largest absolute Gasteiger partial charge is 0.305 e. The summed E-state index contributed by atoms with van der Waals surface area (Å²) in [5.74, 6) is 0. The molecule has 0 saturated carbocycles. The molecule has 0 atom stereocenters. The Kier molecular flexibility index (Phi) is 4.20. The van der Waals surface area contributed by atoms with Crippen LogP contribution in [0.4, 0.5) is 0 Å². The molecule has 0 heterocycles. The van der Waals surface area contributed by atoms with Crippen LogP contribution in [-0.2, 0) is 0 Å². The highest BCUT2D eigenvalue weighted by Gasteiger charge is 2.01. The summed E-state index contributed by atoms with van der Waals surface area (Å²) in [7, 11) is 0. The molecule has 0 aromatic heterocycles. The standard InChI is InChI=1S/C10H15N/c1-5-7-9(8(3)4)10(11)6-2/h5,7,11H,1,3,6H2,2,4H3/b9-7+,11-10?. The second-order valence-electron chi connectivity index (χ2n) is 2.43. The van der Waals surface area contributed by atoms with Gasteiger partial charge >= 0.3 is 0 Å². The van der Waals surface area contributed by atoms with E-state index in [1.54, 1.807) is 6.08 Å². The van der Waals surface area contributed by atoms with E-state index in [1.165, 1.54) is 0 Å². The second-order valence-corrected chi connectivity index (χ2v) is 2.43. The van der Waals surface area contributed by atoms with Crippen molar-refractivity contribution >= 4 is 5.71 Å². The van der Waals surface area contributed by atoms with Crippen molar-refractivity contribution in [3.8, 4) is 0 Å². The van der Waals surface area contributed by atoms with Gasteiger partial charge < -0.3 is 5.41 Å². The Morgan fingerprint density at radius 1 is 1.55 bits per heavy atom. The van der Waals surface area contributed by atoms with Gasteiger partial charge in [-0.25, -0.2) is 0 Å². The zero-order chi connectivity index (χ0) is 8.85. The van der Waals surface area contributed by atoms with E-state index >= 15 is 0 Å². The third-order valence-electron chi connectivity index (χ3n) is 1.42. The minimum atomic E-state index is 0.623. The summed E-state index contributed by atoms with van der Waals surface area (Å²) in [5.41, 5.74) is 2.46. The van der Waals surface area contributed by atoms with Gasteiger partial charge in [-0.05, 0) is 24.5 Å². The molecule has 0 amide bonds. The van der Waals surface area contributed by atoms with E-state index < -0.39 is 0 Å². The van der Waals surface area contributed by atoms with Crippen LogP contribution in [0.3, 0.4) is 0 Å². The van der Waals surface area contributed by atoms with E-state index in [1.807, 2.05) is 19.9 Å². The van der Waals surface area contributed by atoms with Gasteiger partial charge in [-0.2, -0.15) is 0 Å². The first-order chi connectivity index (χ1) is 5.13. The molecule has 0 aliphatic heterocycles. The molecule has 0 aliphatic carbocycles. The molecule has 0 unspecified atom stereocenters. The van der Waals surface area contributed by atoms with Crippen LogP contribution < -0.4 is 0 Å². The normalized spacial score (nSPS) is 10.9. The Morgan fingerprint density at radius 3 is 2.36 bits per heavy atom. The number of hydrogen-bond donors (Lipinski definition) is 1. The lowest BCUT2D eigenvalue weighted by Crippen LogP contribution is -1.99. The fraction of sp³-hybridized carbons (Fsp3) is 0.300. The topological polar surface area (TPSA) is 23.9 Å². The van der Waals surface area contributed by atoms with Crippen molar-refractivity contribution in [3.05, 3.63) is 36.5 Å². The van der Waals surface area contributed by atoms with Crippen molar-refractivity contribution in [2.24, 2.45) is 0 Å². The molecule has 0 fully saturated rings. The molecule has 1 nitrogen and oxygen atoms in total. The fourth-order valence-corrected chi connectivity index (χ4v) is 0.809. The predicted octanol–water partition coefficient (Wildman–Crippen LogP) is 3.10. The molecule has 0 rings (SSSR count). The Labute approximate surface area is 68.6 Å². The lowest BCUT2D eigenvalue weighted by atomic mass is 10.0. The van der Waals surface area contributed by atoms with E-state index in [4.69, 9.17) is 5.41 Å². The van der Waals surface area contributed by atoms with E-state index in [2.05, 4.69) is 13.2 Å². The van der Waals surface area contributed by atoms with Crippen molar-refractivity contribution in [2.75, 3.05) is 0 Å². The zero-order valence-electron chi connectivity index (χ0n) is 7.28. The fourth-order valence-electron chi connectivity index (χ4n) is 0.809. The average molecular weight is 149 g/mol. The molecule has 0 saturated heterocycles. The summed E-state index contributed by atoms with van der Waals surface area (Å²) in [6.45, 7) is 11.2. The number of allylic oxidation sites excluding steroid dienone is 4. The third kappa shape index (κ3) is 2.99. The minimum Gasteiger partial charge on any atom is -0.305 e.